The Bertz CT molecular complexity index is 615. The van der Waals surface area contributed by atoms with Crippen LogP contribution in [0, 0.1) is 5.82 Å². The highest BCUT2D eigenvalue weighted by Gasteiger charge is 2.11. The molecule has 110 valence electrons. The molecule has 0 fully saturated rings. The lowest BCUT2D eigenvalue weighted by atomic mass is 10.1. The smallest absolute Gasteiger partial charge is 0.387 e. The van der Waals surface area contributed by atoms with Crippen molar-refractivity contribution in [1.82, 2.24) is 0 Å². The molecule has 0 aromatic heterocycles. The molecule has 0 bridgehead atoms. The Hall–Kier alpha value is -2.50. The summed E-state index contributed by atoms with van der Waals surface area (Å²) in [5.41, 5.74) is 0.770. The monoisotopic (exact) mass is 295 g/mol. The second-order valence-corrected chi connectivity index (χ2v) is 4.23. The standard InChI is InChI=1S/C15H12F3NO2/c16-11-7-5-10(6-8-11)9-14(20)19-12-3-1-2-4-13(12)21-15(17)18/h1-8,15H,9H2,(H,19,20). The van der Waals surface area contributed by atoms with Gasteiger partial charge in [0.15, 0.2) is 0 Å². The minimum Gasteiger partial charge on any atom is -0.433 e. The van der Waals surface area contributed by atoms with E-state index in [-0.39, 0.29) is 17.9 Å². The SMILES string of the molecule is O=C(Cc1ccc(F)cc1)Nc1ccccc1OC(F)F. The van der Waals surface area contributed by atoms with E-state index < -0.39 is 18.3 Å². The van der Waals surface area contributed by atoms with Crippen LogP contribution in [0.2, 0.25) is 0 Å². The fourth-order valence-electron chi connectivity index (χ4n) is 1.75. The summed E-state index contributed by atoms with van der Waals surface area (Å²) in [5, 5.41) is 2.49. The number of nitrogens with one attached hydrogen (secondary N) is 1. The number of anilines is 1. The van der Waals surface area contributed by atoms with Crippen molar-refractivity contribution in [2.24, 2.45) is 0 Å². The highest BCUT2D eigenvalue weighted by molar-refractivity contribution is 5.93. The maximum Gasteiger partial charge on any atom is 0.387 e. The van der Waals surface area contributed by atoms with Crippen LogP contribution >= 0.6 is 0 Å². The van der Waals surface area contributed by atoms with Crippen LogP contribution < -0.4 is 10.1 Å². The van der Waals surface area contributed by atoms with Crippen LogP contribution in [0.1, 0.15) is 5.56 Å². The number of rotatable bonds is 5. The van der Waals surface area contributed by atoms with Crippen molar-refractivity contribution >= 4 is 11.6 Å². The fraction of sp³-hybridized carbons (Fsp3) is 0.133. The number of benzene rings is 2. The number of carbonyl (C=O) groups is 1. The molecule has 0 aliphatic carbocycles. The molecule has 6 heteroatoms. The Labute approximate surface area is 119 Å². The molecule has 0 unspecified atom stereocenters. The topological polar surface area (TPSA) is 38.3 Å². The first-order valence-electron chi connectivity index (χ1n) is 6.13. The van der Waals surface area contributed by atoms with Gasteiger partial charge in [0.2, 0.25) is 5.91 Å². The average Bonchev–Trinajstić information content (AvgIpc) is 2.43. The Kier molecular flexibility index (Phi) is 4.81. The van der Waals surface area contributed by atoms with Gasteiger partial charge in [-0.3, -0.25) is 4.79 Å². The molecule has 0 radical (unpaired) electrons. The third kappa shape index (κ3) is 4.52. The zero-order valence-electron chi connectivity index (χ0n) is 10.9. The van der Waals surface area contributed by atoms with Crippen molar-refractivity contribution < 1.29 is 22.7 Å². The molecular formula is C15H12F3NO2. The molecule has 0 heterocycles. The molecule has 0 saturated carbocycles. The van der Waals surface area contributed by atoms with Gasteiger partial charge in [-0.15, -0.1) is 0 Å². The lowest BCUT2D eigenvalue weighted by Gasteiger charge is -2.11. The molecule has 21 heavy (non-hydrogen) atoms. The number of halogens is 3. The molecule has 0 atom stereocenters. The van der Waals surface area contributed by atoms with Gasteiger partial charge in [0.1, 0.15) is 11.6 Å². The normalized spacial score (nSPS) is 10.5. The van der Waals surface area contributed by atoms with Crippen molar-refractivity contribution in [3.63, 3.8) is 0 Å². The van der Waals surface area contributed by atoms with Crippen LogP contribution in [0.15, 0.2) is 48.5 Å². The zero-order valence-corrected chi connectivity index (χ0v) is 10.9. The first-order valence-corrected chi connectivity index (χ1v) is 6.13. The zero-order chi connectivity index (χ0) is 15.2. The highest BCUT2D eigenvalue weighted by Crippen LogP contribution is 2.25. The molecule has 1 amide bonds. The first-order chi connectivity index (χ1) is 10.0. The van der Waals surface area contributed by atoms with E-state index in [2.05, 4.69) is 10.1 Å². The largest absolute Gasteiger partial charge is 0.433 e. The van der Waals surface area contributed by atoms with Crippen LogP contribution in [0.25, 0.3) is 0 Å². The van der Waals surface area contributed by atoms with E-state index in [1.807, 2.05) is 0 Å². The predicted octanol–water partition coefficient (Wildman–Crippen LogP) is 3.61. The maximum atomic E-state index is 12.8. The van der Waals surface area contributed by atoms with Crippen molar-refractivity contribution in [3.8, 4) is 5.75 Å². The summed E-state index contributed by atoms with van der Waals surface area (Å²) in [6.07, 6.45) is 0.00327. The number of alkyl halides is 2. The van der Waals surface area contributed by atoms with E-state index in [1.54, 1.807) is 6.07 Å². The molecule has 1 N–H and O–H groups in total. The van der Waals surface area contributed by atoms with Gasteiger partial charge in [0.05, 0.1) is 12.1 Å². The summed E-state index contributed by atoms with van der Waals surface area (Å²) in [4.78, 5) is 11.9. The molecular weight excluding hydrogens is 283 g/mol. The van der Waals surface area contributed by atoms with Crippen molar-refractivity contribution in [2.75, 3.05) is 5.32 Å². The van der Waals surface area contributed by atoms with Crippen molar-refractivity contribution in [1.29, 1.82) is 0 Å². The number of carbonyl (C=O) groups excluding carboxylic acids is 1. The van der Waals surface area contributed by atoms with Crippen LogP contribution in [0.5, 0.6) is 5.75 Å². The Morgan fingerprint density at radius 2 is 1.76 bits per heavy atom. The predicted molar refractivity (Wildman–Crippen MR) is 71.8 cm³/mol. The highest BCUT2D eigenvalue weighted by atomic mass is 19.3. The van der Waals surface area contributed by atoms with Gasteiger partial charge in [-0.1, -0.05) is 24.3 Å². The fourth-order valence-corrected chi connectivity index (χ4v) is 1.75. The van der Waals surface area contributed by atoms with Crippen LogP contribution in [0.4, 0.5) is 18.9 Å². The van der Waals surface area contributed by atoms with E-state index >= 15 is 0 Å². The molecule has 0 saturated heterocycles. The minimum atomic E-state index is -2.97. The molecule has 0 aliphatic heterocycles. The van der Waals surface area contributed by atoms with Crippen LogP contribution in [-0.2, 0) is 11.2 Å². The number of amides is 1. The summed E-state index contributed by atoms with van der Waals surface area (Å²) in [7, 11) is 0. The Morgan fingerprint density at radius 3 is 2.43 bits per heavy atom. The van der Waals surface area contributed by atoms with Gasteiger partial charge in [-0.25, -0.2) is 4.39 Å². The third-order valence-corrected chi connectivity index (χ3v) is 2.66. The minimum absolute atomic E-state index is 0.00327. The van der Waals surface area contributed by atoms with Gasteiger partial charge in [-0.05, 0) is 29.8 Å². The number of ether oxygens (including phenoxy) is 1. The summed E-state index contributed by atoms with van der Waals surface area (Å²) < 4.78 is 41.6. The number of para-hydroxylation sites is 2. The van der Waals surface area contributed by atoms with E-state index in [9.17, 15) is 18.0 Å². The molecule has 0 spiro atoms. The van der Waals surface area contributed by atoms with E-state index in [1.165, 1.54) is 42.5 Å². The van der Waals surface area contributed by atoms with Crippen LogP contribution in [0.3, 0.4) is 0 Å². The van der Waals surface area contributed by atoms with Gasteiger partial charge in [-0.2, -0.15) is 8.78 Å². The van der Waals surface area contributed by atoms with Gasteiger partial charge in [0, 0.05) is 0 Å². The second kappa shape index (κ2) is 6.78. The number of hydrogen-bond acceptors (Lipinski definition) is 2. The van der Waals surface area contributed by atoms with Gasteiger partial charge >= 0.3 is 6.61 Å². The van der Waals surface area contributed by atoms with Gasteiger partial charge < -0.3 is 10.1 Å². The quantitative estimate of drug-likeness (QED) is 0.915. The van der Waals surface area contributed by atoms with Crippen molar-refractivity contribution in [3.05, 3.63) is 59.9 Å². The van der Waals surface area contributed by atoms with Gasteiger partial charge in [0.25, 0.3) is 0 Å². The molecule has 2 aromatic rings. The first kappa shape index (κ1) is 14.9. The van der Waals surface area contributed by atoms with E-state index in [0.29, 0.717) is 5.56 Å². The molecule has 3 nitrogen and oxygen atoms in total. The average molecular weight is 295 g/mol. The number of hydrogen-bond donors (Lipinski definition) is 1. The Morgan fingerprint density at radius 1 is 1.10 bits per heavy atom. The summed E-state index contributed by atoms with van der Waals surface area (Å²) >= 11 is 0. The molecule has 2 aromatic carbocycles. The van der Waals surface area contributed by atoms with E-state index in [0.717, 1.165) is 0 Å². The maximum absolute atomic E-state index is 12.8. The summed E-state index contributed by atoms with van der Waals surface area (Å²) in [6.45, 7) is -2.97. The third-order valence-electron chi connectivity index (χ3n) is 2.66. The lowest BCUT2D eigenvalue weighted by molar-refractivity contribution is -0.115. The lowest BCUT2D eigenvalue weighted by Crippen LogP contribution is -2.15. The summed E-state index contributed by atoms with van der Waals surface area (Å²) in [5.74, 6) is -0.915. The van der Waals surface area contributed by atoms with Crippen molar-refractivity contribution in [2.45, 2.75) is 13.0 Å². The summed E-state index contributed by atoms with van der Waals surface area (Å²) in [6, 6.07) is 11.4. The molecule has 0 aliphatic rings. The Balaban J connectivity index is 2.04. The second-order valence-electron chi connectivity index (χ2n) is 4.23. The van der Waals surface area contributed by atoms with E-state index in [4.69, 9.17) is 0 Å². The van der Waals surface area contributed by atoms with Crippen LogP contribution in [-0.4, -0.2) is 12.5 Å². The molecule has 2 rings (SSSR count).